The Morgan fingerprint density at radius 2 is 0.701 bits per heavy atom. The molecule has 454 valence electrons. The van der Waals surface area contributed by atoms with Crippen LogP contribution in [0, 0.1) is 0 Å². The van der Waals surface area contributed by atoms with Gasteiger partial charge in [-0.1, -0.05) is 301 Å². The Hall–Kier alpha value is -2.23. The van der Waals surface area contributed by atoms with E-state index in [9.17, 15) is 19.5 Å². The first-order chi connectivity index (χ1) is 37.6. The summed E-state index contributed by atoms with van der Waals surface area (Å²) in [6.45, 7) is 4.78. The van der Waals surface area contributed by atoms with Crippen LogP contribution in [0.25, 0.3) is 0 Å². The van der Waals surface area contributed by atoms with Gasteiger partial charge >= 0.3 is 11.9 Å². The largest absolute Gasteiger partial charge is 0.545 e. The molecule has 2 atom stereocenters. The lowest BCUT2D eigenvalue weighted by atomic mass is 10.0. The molecule has 0 aliphatic rings. The summed E-state index contributed by atoms with van der Waals surface area (Å²) in [5.41, 5.74) is 0. The molecular formula is C68H129NO8. The molecule has 2 unspecified atom stereocenters. The smallest absolute Gasteiger partial charge is 0.306 e. The van der Waals surface area contributed by atoms with E-state index in [1.54, 1.807) is 0 Å². The molecule has 0 fully saturated rings. The van der Waals surface area contributed by atoms with Crippen LogP contribution in [0.1, 0.15) is 335 Å². The molecule has 77 heavy (non-hydrogen) atoms. The monoisotopic (exact) mass is 1090 g/mol. The standard InChI is InChI=1S/C68H129NO8/c1-6-8-10-12-14-16-18-20-22-24-26-27-28-29-30-31-32-33-34-35-36-37-38-39-41-42-44-46-48-50-52-54-56-58-65(70)75-62-64(63-76-68(67(72)73)74-61-60-69(3,4)5)77-66(71)59-57-55-53-51-49-47-45-43-40-25-23-21-19-17-15-13-11-9-7-2/h15,17,21,23,64,68H,6-14,16,18-20,22,24-63H2,1-5H3/b17-15-,23-21-. The van der Waals surface area contributed by atoms with Crippen LogP contribution < -0.4 is 5.11 Å². The molecule has 0 aromatic heterocycles. The van der Waals surface area contributed by atoms with Gasteiger partial charge in [-0.05, 0) is 44.9 Å². The lowest BCUT2D eigenvalue weighted by Gasteiger charge is -2.26. The number of carbonyl (C=O) groups is 3. The van der Waals surface area contributed by atoms with Gasteiger partial charge in [-0.25, -0.2) is 0 Å². The van der Waals surface area contributed by atoms with Crippen LogP contribution in [0.3, 0.4) is 0 Å². The lowest BCUT2D eigenvalue weighted by Crippen LogP contribution is -2.44. The van der Waals surface area contributed by atoms with E-state index in [-0.39, 0.29) is 32.2 Å². The molecule has 0 bridgehead atoms. The van der Waals surface area contributed by atoms with Crippen molar-refractivity contribution in [3.05, 3.63) is 24.3 Å². The number of hydrogen-bond donors (Lipinski definition) is 0. The maximum atomic E-state index is 12.9. The predicted octanol–water partition coefficient (Wildman–Crippen LogP) is 18.9. The molecule has 9 heteroatoms. The van der Waals surface area contributed by atoms with Gasteiger partial charge in [-0.15, -0.1) is 0 Å². The number of esters is 2. The summed E-state index contributed by atoms with van der Waals surface area (Å²) in [7, 11) is 5.93. The third-order valence-corrected chi connectivity index (χ3v) is 15.2. The van der Waals surface area contributed by atoms with Gasteiger partial charge in [0, 0.05) is 12.8 Å². The second kappa shape index (κ2) is 59.9. The Morgan fingerprint density at radius 3 is 1.05 bits per heavy atom. The van der Waals surface area contributed by atoms with Crippen molar-refractivity contribution in [3.8, 4) is 0 Å². The molecule has 0 saturated carbocycles. The third kappa shape index (κ3) is 61.2. The first-order valence-corrected chi connectivity index (χ1v) is 33.5. The summed E-state index contributed by atoms with van der Waals surface area (Å²) in [5.74, 6) is -2.26. The molecule has 0 amide bonds. The molecule has 0 aromatic carbocycles. The number of quaternary nitrogens is 1. The number of likely N-dealkylation sites (N-methyl/N-ethyl adjacent to an activating group) is 1. The van der Waals surface area contributed by atoms with Crippen LogP contribution in [-0.2, 0) is 33.3 Å². The fraction of sp³-hybridized carbons (Fsp3) is 0.897. The van der Waals surface area contributed by atoms with Crippen molar-refractivity contribution in [3.63, 3.8) is 0 Å². The van der Waals surface area contributed by atoms with Gasteiger partial charge in [0.1, 0.15) is 13.2 Å². The van der Waals surface area contributed by atoms with Crippen LogP contribution in [0.15, 0.2) is 24.3 Å². The van der Waals surface area contributed by atoms with Crippen molar-refractivity contribution in [2.75, 3.05) is 47.5 Å². The maximum absolute atomic E-state index is 12.9. The molecule has 0 saturated heterocycles. The molecule has 0 radical (unpaired) electrons. The summed E-state index contributed by atoms with van der Waals surface area (Å²) < 4.78 is 22.8. The lowest BCUT2D eigenvalue weighted by molar-refractivity contribution is -0.870. The van der Waals surface area contributed by atoms with Crippen molar-refractivity contribution in [2.24, 2.45) is 0 Å². The van der Waals surface area contributed by atoms with Crippen LogP contribution in [0.4, 0.5) is 0 Å². The van der Waals surface area contributed by atoms with Crippen LogP contribution in [0.5, 0.6) is 0 Å². The first kappa shape index (κ1) is 74.8. The molecule has 0 aromatic rings. The van der Waals surface area contributed by atoms with Gasteiger partial charge in [0.25, 0.3) is 0 Å². The number of hydrogen-bond acceptors (Lipinski definition) is 8. The van der Waals surface area contributed by atoms with Gasteiger partial charge in [0.15, 0.2) is 12.4 Å². The highest BCUT2D eigenvalue weighted by atomic mass is 16.7. The number of carboxylic acids is 1. The number of carbonyl (C=O) groups excluding carboxylic acids is 3. The topological polar surface area (TPSA) is 111 Å². The number of nitrogens with zero attached hydrogens (tertiary/aromatic N) is 1. The molecule has 0 rings (SSSR count). The van der Waals surface area contributed by atoms with E-state index in [4.69, 9.17) is 18.9 Å². The van der Waals surface area contributed by atoms with Crippen LogP contribution >= 0.6 is 0 Å². The van der Waals surface area contributed by atoms with E-state index in [0.717, 1.165) is 51.4 Å². The van der Waals surface area contributed by atoms with Gasteiger partial charge in [-0.2, -0.15) is 0 Å². The van der Waals surface area contributed by atoms with Gasteiger partial charge in [0.2, 0.25) is 0 Å². The number of aliphatic carboxylic acids is 1. The van der Waals surface area contributed by atoms with Crippen molar-refractivity contribution >= 4 is 17.9 Å². The number of unbranched alkanes of at least 4 members (excludes halogenated alkanes) is 44. The Kier molecular flexibility index (Phi) is 58.1. The number of allylic oxidation sites excluding steroid dienone is 4. The molecule has 0 aliphatic carbocycles. The molecule has 0 heterocycles. The minimum Gasteiger partial charge on any atom is -0.545 e. The molecule has 9 nitrogen and oxygen atoms in total. The van der Waals surface area contributed by atoms with Gasteiger partial charge in [0.05, 0.1) is 40.3 Å². The number of ether oxygens (including phenoxy) is 4. The quantitative estimate of drug-likeness (QED) is 0.0195. The zero-order valence-electron chi connectivity index (χ0n) is 51.9. The van der Waals surface area contributed by atoms with E-state index >= 15 is 0 Å². The zero-order chi connectivity index (χ0) is 56.2. The normalized spacial score (nSPS) is 12.8. The van der Waals surface area contributed by atoms with Crippen LogP contribution in [-0.4, -0.2) is 82.3 Å². The van der Waals surface area contributed by atoms with Gasteiger partial charge < -0.3 is 33.3 Å². The minimum atomic E-state index is -1.62. The van der Waals surface area contributed by atoms with Crippen molar-refractivity contribution < 1.29 is 42.9 Å². The maximum Gasteiger partial charge on any atom is 0.306 e. The highest BCUT2D eigenvalue weighted by molar-refractivity contribution is 5.70. The molecule has 0 spiro atoms. The number of rotatable bonds is 63. The van der Waals surface area contributed by atoms with Crippen molar-refractivity contribution in [1.82, 2.24) is 0 Å². The molecule has 0 aliphatic heterocycles. The Bertz CT molecular complexity index is 1310. The van der Waals surface area contributed by atoms with E-state index < -0.39 is 24.3 Å². The minimum absolute atomic E-state index is 0.149. The average molecular weight is 1090 g/mol. The number of carboxylic acid groups (broad SMARTS) is 1. The Labute approximate surface area is 478 Å². The fourth-order valence-corrected chi connectivity index (χ4v) is 10.0. The van der Waals surface area contributed by atoms with E-state index in [1.165, 1.54) is 250 Å². The Balaban J connectivity index is 4.02. The fourth-order valence-electron chi connectivity index (χ4n) is 10.0. The Morgan fingerprint density at radius 1 is 0.390 bits per heavy atom. The van der Waals surface area contributed by atoms with Gasteiger partial charge in [-0.3, -0.25) is 9.59 Å². The SMILES string of the molecule is CCCCC/C=C\C/C=C\CCCCCCCCCCCC(=O)OC(COC(=O)CCCCCCCCCCCCCCCCCCCCCCCCCCCCCCCCCCC)COC(OCC[N+](C)(C)C)C(=O)[O-]. The second-order valence-electron chi connectivity index (χ2n) is 24.1. The summed E-state index contributed by atoms with van der Waals surface area (Å²) >= 11 is 0. The average Bonchev–Trinajstić information content (AvgIpc) is 3.40. The summed E-state index contributed by atoms with van der Waals surface area (Å²) in [4.78, 5) is 37.4. The van der Waals surface area contributed by atoms with E-state index in [2.05, 4.69) is 38.2 Å². The highest BCUT2D eigenvalue weighted by Gasteiger charge is 2.22. The predicted molar refractivity (Wildman–Crippen MR) is 325 cm³/mol. The summed E-state index contributed by atoms with van der Waals surface area (Å²) in [5, 5.41) is 11.8. The second-order valence-corrected chi connectivity index (χ2v) is 24.1. The molecule has 0 N–H and O–H groups in total. The highest BCUT2D eigenvalue weighted by Crippen LogP contribution is 2.19. The summed E-state index contributed by atoms with van der Waals surface area (Å²) in [6, 6.07) is 0. The first-order valence-electron chi connectivity index (χ1n) is 33.5. The molecular weight excluding hydrogens is 959 g/mol. The van der Waals surface area contributed by atoms with Crippen LogP contribution in [0.2, 0.25) is 0 Å². The summed E-state index contributed by atoms with van der Waals surface area (Å²) in [6.07, 6.45) is 69.8. The third-order valence-electron chi connectivity index (χ3n) is 15.2. The zero-order valence-corrected chi connectivity index (χ0v) is 51.9. The van der Waals surface area contributed by atoms with E-state index in [0.29, 0.717) is 23.9 Å². The van der Waals surface area contributed by atoms with Crippen molar-refractivity contribution in [2.45, 2.75) is 347 Å². The van der Waals surface area contributed by atoms with Crippen molar-refractivity contribution in [1.29, 1.82) is 0 Å². The van der Waals surface area contributed by atoms with E-state index in [1.807, 2.05) is 21.1 Å².